The van der Waals surface area contributed by atoms with E-state index in [9.17, 15) is 9.18 Å². The van der Waals surface area contributed by atoms with Crippen LogP contribution in [-0.2, 0) is 4.74 Å². The number of nitriles is 1. The maximum absolute atomic E-state index is 13.4. The fraction of sp³-hybridized carbons (Fsp3) is 0.125. The molecule has 5 heteroatoms. The van der Waals surface area contributed by atoms with Gasteiger partial charge in [0.2, 0.25) is 0 Å². The first-order chi connectivity index (χ1) is 10.2. The average molecular weight is 285 g/mol. The number of carbonyl (C=O) groups is 1. The van der Waals surface area contributed by atoms with Gasteiger partial charge in [0.1, 0.15) is 28.9 Å². The minimum atomic E-state index is -0.641. The molecule has 2 rings (SSSR count). The zero-order valence-corrected chi connectivity index (χ0v) is 11.3. The highest BCUT2D eigenvalue weighted by Crippen LogP contribution is 2.26. The van der Waals surface area contributed by atoms with Gasteiger partial charge in [-0.05, 0) is 43.3 Å². The van der Waals surface area contributed by atoms with Crippen molar-refractivity contribution in [2.24, 2.45) is 0 Å². The first-order valence-electron chi connectivity index (χ1n) is 6.29. The van der Waals surface area contributed by atoms with Crippen LogP contribution in [0.1, 0.15) is 22.8 Å². The van der Waals surface area contributed by atoms with Crippen molar-refractivity contribution in [2.45, 2.75) is 6.92 Å². The molecule has 0 spiro atoms. The van der Waals surface area contributed by atoms with Gasteiger partial charge in [-0.3, -0.25) is 0 Å². The van der Waals surface area contributed by atoms with Gasteiger partial charge in [-0.15, -0.1) is 0 Å². The van der Waals surface area contributed by atoms with Crippen LogP contribution in [0.3, 0.4) is 0 Å². The number of carbonyl (C=O) groups excluding carboxylic acids is 1. The van der Waals surface area contributed by atoms with Crippen LogP contribution in [0.5, 0.6) is 11.5 Å². The molecule has 21 heavy (non-hydrogen) atoms. The summed E-state index contributed by atoms with van der Waals surface area (Å²) in [6.45, 7) is 2.02. The second kappa shape index (κ2) is 6.53. The summed E-state index contributed by atoms with van der Waals surface area (Å²) in [4.78, 5) is 11.5. The molecule has 4 nitrogen and oxygen atoms in total. The maximum atomic E-state index is 13.4. The van der Waals surface area contributed by atoms with E-state index in [-0.39, 0.29) is 11.3 Å². The summed E-state index contributed by atoms with van der Waals surface area (Å²) in [5, 5.41) is 8.92. The molecule has 106 valence electrons. The molecule has 0 aliphatic heterocycles. The van der Waals surface area contributed by atoms with Gasteiger partial charge in [0, 0.05) is 0 Å². The number of halogens is 1. The van der Waals surface area contributed by atoms with E-state index in [0.29, 0.717) is 17.9 Å². The van der Waals surface area contributed by atoms with E-state index in [4.69, 9.17) is 14.7 Å². The molecule has 0 bridgehead atoms. The lowest BCUT2D eigenvalue weighted by Crippen LogP contribution is -2.04. The third-order valence-electron chi connectivity index (χ3n) is 2.68. The molecule has 0 heterocycles. The number of esters is 1. The quantitative estimate of drug-likeness (QED) is 0.804. The molecule has 0 aliphatic rings. The van der Waals surface area contributed by atoms with Crippen molar-refractivity contribution in [3.05, 3.63) is 59.4 Å². The highest BCUT2D eigenvalue weighted by atomic mass is 19.1. The van der Waals surface area contributed by atoms with Gasteiger partial charge < -0.3 is 9.47 Å². The van der Waals surface area contributed by atoms with Crippen molar-refractivity contribution in [2.75, 3.05) is 6.61 Å². The molecule has 0 unspecified atom stereocenters. The molecular formula is C16H12FNO3. The molecule has 0 radical (unpaired) electrons. The van der Waals surface area contributed by atoms with Gasteiger partial charge in [-0.2, -0.15) is 5.26 Å². The maximum Gasteiger partial charge on any atom is 0.338 e. The van der Waals surface area contributed by atoms with Crippen LogP contribution in [-0.4, -0.2) is 12.6 Å². The predicted octanol–water partition coefficient (Wildman–Crippen LogP) is 3.67. The summed E-state index contributed by atoms with van der Waals surface area (Å²) < 4.78 is 23.8. The number of benzene rings is 2. The third-order valence-corrected chi connectivity index (χ3v) is 2.68. The van der Waals surface area contributed by atoms with E-state index in [0.717, 1.165) is 0 Å². The summed E-state index contributed by atoms with van der Waals surface area (Å²) in [5.74, 6) is -0.544. The fourth-order valence-corrected chi connectivity index (χ4v) is 1.70. The minimum absolute atomic E-state index is 0.126. The predicted molar refractivity (Wildman–Crippen MR) is 73.6 cm³/mol. The smallest absolute Gasteiger partial charge is 0.338 e. The number of nitrogens with zero attached hydrogens (tertiary/aromatic N) is 1. The van der Waals surface area contributed by atoms with E-state index in [2.05, 4.69) is 0 Å². The van der Waals surface area contributed by atoms with Crippen molar-refractivity contribution in [1.82, 2.24) is 0 Å². The Balaban J connectivity index is 2.20. The van der Waals surface area contributed by atoms with Crippen LogP contribution < -0.4 is 4.74 Å². The summed E-state index contributed by atoms with van der Waals surface area (Å²) in [6, 6.07) is 12.1. The normalized spacial score (nSPS) is 9.76. The highest BCUT2D eigenvalue weighted by molar-refractivity contribution is 5.89. The van der Waals surface area contributed by atoms with E-state index in [1.54, 1.807) is 37.3 Å². The molecule has 2 aromatic rings. The molecule has 0 fully saturated rings. The number of ether oxygens (including phenoxy) is 2. The Morgan fingerprint density at radius 2 is 1.95 bits per heavy atom. The minimum Gasteiger partial charge on any atom is -0.462 e. The summed E-state index contributed by atoms with van der Waals surface area (Å²) in [5.41, 5.74) is 0.232. The Morgan fingerprint density at radius 1 is 1.24 bits per heavy atom. The second-order valence-corrected chi connectivity index (χ2v) is 4.07. The van der Waals surface area contributed by atoms with Crippen molar-refractivity contribution < 1.29 is 18.7 Å². The summed E-state index contributed by atoms with van der Waals surface area (Å²) in [7, 11) is 0. The van der Waals surface area contributed by atoms with Crippen LogP contribution in [0, 0.1) is 17.1 Å². The molecule has 0 saturated carbocycles. The van der Waals surface area contributed by atoms with E-state index >= 15 is 0 Å². The van der Waals surface area contributed by atoms with Crippen LogP contribution in [0.2, 0.25) is 0 Å². The molecule has 0 aromatic heterocycles. The lowest BCUT2D eigenvalue weighted by atomic mass is 10.2. The third kappa shape index (κ3) is 3.37. The Bertz CT molecular complexity index is 690. The van der Waals surface area contributed by atoms with Crippen LogP contribution in [0.15, 0.2) is 42.5 Å². The fourth-order valence-electron chi connectivity index (χ4n) is 1.70. The second-order valence-electron chi connectivity index (χ2n) is 4.07. The highest BCUT2D eigenvalue weighted by Gasteiger charge is 2.11. The van der Waals surface area contributed by atoms with Gasteiger partial charge in [-0.25, -0.2) is 9.18 Å². The summed E-state index contributed by atoms with van der Waals surface area (Å²) in [6.07, 6.45) is 0. The molecule has 0 aliphatic carbocycles. The van der Waals surface area contributed by atoms with Crippen LogP contribution in [0.4, 0.5) is 4.39 Å². The molecule has 0 amide bonds. The molecule has 0 N–H and O–H groups in total. The molecule has 2 aromatic carbocycles. The zero-order valence-electron chi connectivity index (χ0n) is 11.3. The monoisotopic (exact) mass is 285 g/mol. The van der Waals surface area contributed by atoms with E-state index in [1.807, 2.05) is 0 Å². The molecule has 0 saturated heterocycles. The topological polar surface area (TPSA) is 59.3 Å². The Labute approximate surface area is 121 Å². The van der Waals surface area contributed by atoms with Crippen LogP contribution in [0.25, 0.3) is 0 Å². The lowest BCUT2D eigenvalue weighted by Gasteiger charge is -2.08. The van der Waals surface area contributed by atoms with Gasteiger partial charge in [0.05, 0.1) is 12.2 Å². The van der Waals surface area contributed by atoms with Gasteiger partial charge in [0.15, 0.2) is 0 Å². The SMILES string of the molecule is CCOC(=O)c1ccc(Oc2cccc(F)c2C#N)cc1. The first kappa shape index (κ1) is 14.5. The lowest BCUT2D eigenvalue weighted by molar-refractivity contribution is 0.0526. The average Bonchev–Trinajstić information content (AvgIpc) is 2.48. The zero-order chi connectivity index (χ0) is 15.2. The van der Waals surface area contributed by atoms with E-state index < -0.39 is 11.8 Å². The first-order valence-corrected chi connectivity index (χ1v) is 6.29. The van der Waals surface area contributed by atoms with E-state index in [1.165, 1.54) is 18.2 Å². The van der Waals surface area contributed by atoms with Crippen molar-refractivity contribution in [1.29, 1.82) is 5.26 Å². The van der Waals surface area contributed by atoms with Crippen LogP contribution >= 0.6 is 0 Å². The Kier molecular flexibility index (Phi) is 4.52. The van der Waals surface area contributed by atoms with Crippen molar-refractivity contribution in [3.8, 4) is 17.6 Å². The standard InChI is InChI=1S/C16H12FNO3/c1-2-20-16(19)11-6-8-12(9-7-11)21-15-5-3-4-14(17)13(15)10-18/h3-9H,2H2,1H3. The van der Waals surface area contributed by atoms with Gasteiger partial charge in [-0.1, -0.05) is 6.07 Å². The molecule has 0 atom stereocenters. The van der Waals surface area contributed by atoms with Crippen molar-refractivity contribution >= 4 is 5.97 Å². The number of hydrogen-bond donors (Lipinski definition) is 0. The number of rotatable bonds is 4. The molecular weight excluding hydrogens is 273 g/mol. The van der Waals surface area contributed by atoms with Crippen molar-refractivity contribution in [3.63, 3.8) is 0 Å². The Morgan fingerprint density at radius 3 is 2.57 bits per heavy atom. The number of hydrogen-bond acceptors (Lipinski definition) is 4. The summed E-state index contributed by atoms with van der Waals surface area (Å²) >= 11 is 0. The van der Waals surface area contributed by atoms with Gasteiger partial charge >= 0.3 is 5.97 Å². The largest absolute Gasteiger partial charge is 0.462 e. The Hall–Kier alpha value is -2.87. The van der Waals surface area contributed by atoms with Gasteiger partial charge in [0.25, 0.3) is 0 Å².